The Morgan fingerprint density at radius 1 is 0.947 bits per heavy atom. The summed E-state index contributed by atoms with van der Waals surface area (Å²) < 4.78 is 5.90. The summed E-state index contributed by atoms with van der Waals surface area (Å²) in [6, 6.07) is 23.7. The number of nitrogens with zero attached hydrogens (tertiary/aromatic N) is 2. The minimum absolute atomic E-state index is 0.0156. The molecule has 38 heavy (non-hydrogen) atoms. The number of pyridine rings is 1. The molecule has 1 saturated heterocycles. The average Bonchev–Trinajstić information content (AvgIpc) is 3.18. The SMILES string of the molecule is Cc1ccccc1COc1ccc(C(O)=C2C(=O)C(=O)N(Cc3cccnc3)[C@@H]2c2ccc(O)cc2)cc1. The lowest BCUT2D eigenvalue weighted by Gasteiger charge is -2.25. The molecule has 0 unspecified atom stereocenters. The maximum Gasteiger partial charge on any atom is 0.295 e. The van der Waals surface area contributed by atoms with Crippen molar-refractivity contribution in [1.29, 1.82) is 0 Å². The van der Waals surface area contributed by atoms with Crippen LogP contribution >= 0.6 is 0 Å². The number of hydrogen-bond acceptors (Lipinski definition) is 6. The van der Waals surface area contributed by atoms with E-state index in [1.165, 1.54) is 17.0 Å². The highest BCUT2D eigenvalue weighted by Crippen LogP contribution is 2.40. The molecule has 5 rings (SSSR count). The van der Waals surface area contributed by atoms with Gasteiger partial charge in [-0.15, -0.1) is 0 Å². The van der Waals surface area contributed by atoms with Gasteiger partial charge in [0.2, 0.25) is 0 Å². The van der Waals surface area contributed by atoms with Crippen LogP contribution in [0.15, 0.2) is 103 Å². The maximum atomic E-state index is 13.2. The van der Waals surface area contributed by atoms with Crippen molar-refractivity contribution in [3.8, 4) is 11.5 Å². The van der Waals surface area contributed by atoms with E-state index in [-0.39, 0.29) is 23.6 Å². The fourth-order valence-electron chi connectivity index (χ4n) is 4.53. The summed E-state index contributed by atoms with van der Waals surface area (Å²) in [6.07, 6.45) is 3.26. The molecule has 1 fully saturated rings. The van der Waals surface area contributed by atoms with Crippen LogP contribution in [-0.2, 0) is 22.7 Å². The molecule has 0 radical (unpaired) electrons. The number of carbonyl (C=O) groups is 2. The molecule has 1 aliphatic heterocycles. The monoisotopic (exact) mass is 506 g/mol. The molecule has 0 aliphatic carbocycles. The van der Waals surface area contributed by atoms with E-state index in [0.29, 0.717) is 23.5 Å². The number of carbonyl (C=O) groups excluding carboxylic acids is 2. The Morgan fingerprint density at radius 2 is 1.68 bits per heavy atom. The quantitative estimate of drug-likeness (QED) is 0.201. The van der Waals surface area contributed by atoms with E-state index in [9.17, 15) is 19.8 Å². The topological polar surface area (TPSA) is 100.0 Å². The highest BCUT2D eigenvalue weighted by atomic mass is 16.5. The van der Waals surface area contributed by atoms with E-state index < -0.39 is 17.7 Å². The summed E-state index contributed by atoms with van der Waals surface area (Å²) in [7, 11) is 0. The van der Waals surface area contributed by atoms with E-state index in [1.54, 1.807) is 54.9 Å². The smallest absolute Gasteiger partial charge is 0.295 e. The number of aromatic hydroxyl groups is 1. The van der Waals surface area contributed by atoms with Crippen molar-refractivity contribution in [2.24, 2.45) is 0 Å². The molecule has 1 aliphatic rings. The second-order valence-electron chi connectivity index (χ2n) is 9.12. The highest BCUT2D eigenvalue weighted by Gasteiger charge is 2.46. The molecule has 0 spiro atoms. The van der Waals surface area contributed by atoms with Gasteiger partial charge < -0.3 is 19.8 Å². The zero-order chi connectivity index (χ0) is 26.6. The van der Waals surface area contributed by atoms with E-state index in [4.69, 9.17) is 4.74 Å². The molecule has 7 nitrogen and oxygen atoms in total. The zero-order valence-corrected chi connectivity index (χ0v) is 20.7. The molecule has 1 atom stereocenters. The number of phenolic OH excluding ortho intramolecular Hbond substituents is 1. The molecular weight excluding hydrogens is 480 g/mol. The van der Waals surface area contributed by atoms with Crippen molar-refractivity contribution < 1.29 is 24.5 Å². The molecule has 2 heterocycles. The molecular formula is C31H26N2O5. The predicted molar refractivity (Wildman–Crippen MR) is 142 cm³/mol. The van der Waals surface area contributed by atoms with Crippen LogP contribution in [0.5, 0.6) is 11.5 Å². The lowest BCUT2D eigenvalue weighted by atomic mass is 9.95. The summed E-state index contributed by atoms with van der Waals surface area (Å²) in [5, 5.41) is 21.1. The summed E-state index contributed by atoms with van der Waals surface area (Å²) in [6.45, 7) is 2.55. The van der Waals surface area contributed by atoms with Gasteiger partial charge in [0.15, 0.2) is 0 Å². The summed E-state index contributed by atoms with van der Waals surface area (Å²) >= 11 is 0. The van der Waals surface area contributed by atoms with Gasteiger partial charge in [0.1, 0.15) is 23.9 Å². The number of aryl methyl sites for hydroxylation is 1. The Balaban J connectivity index is 1.47. The lowest BCUT2D eigenvalue weighted by Crippen LogP contribution is -2.29. The Labute approximate surface area is 220 Å². The fourth-order valence-corrected chi connectivity index (χ4v) is 4.53. The molecule has 0 bridgehead atoms. The van der Waals surface area contributed by atoms with Crippen LogP contribution in [0.3, 0.4) is 0 Å². The van der Waals surface area contributed by atoms with E-state index in [0.717, 1.165) is 16.7 Å². The minimum Gasteiger partial charge on any atom is -0.508 e. The van der Waals surface area contributed by atoms with Gasteiger partial charge in [-0.3, -0.25) is 14.6 Å². The first kappa shape index (κ1) is 24.8. The van der Waals surface area contributed by atoms with Crippen molar-refractivity contribution in [3.05, 3.63) is 131 Å². The molecule has 1 amide bonds. The van der Waals surface area contributed by atoms with Crippen molar-refractivity contribution in [2.75, 3.05) is 0 Å². The number of ether oxygens (including phenoxy) is 1. The van der Waals surface area contributed by atoms with Crippen LogP contribution < -0.4 is 4.74 Å². The van der Waals surface area contributed by atoms with Gasteiger partial charge >= 0.3 is 0 Å². The Bertz CT molecular complexity index is 1500. The highest BCUT2D eigenvalue weighted by molar-refractivity contribution is 6.46. The first-order valence-electron chi connectivity index (χ1n) is 12.2. The van der Waals surface area contributed by atoms with Crippen LogP contribution in [0.1, 0.15) is 33.9 Å². The van der Waals surface area contributed by atoms with Gasteiger partial charge in [-0.2, -0.15) is 0 Å². The largest absolute Gasteiger partial charge is 0.508 e. The number of phenols is 1. The Kier molecular flexibility index (Phi) is 6.91. The molecule has 4 aromatic rings. The number of ketones is 1. The van der Waals surface area contributed by atoms with Crippen LogP contribution in [0.4, 0.5) is 0 Å². The third-order valence-corrected chi connectivity index (χ3v) is 6.61. The van der Waals surface area contributed by atoms with Gasteiger partial charge in [0, 0.05) is 24.5 Å². The average molecular weight is 507 g/mol. The van der Waals surface area contributed by atoms with Crippen molar-refractivity contribution in [1.82, 2.24) is 9.88 Å². The normalized spacial score (nSPS) is 16.6. The number of aliphatic hydroxyl groups is 1. The molecule has 190 valence electrons. The molecule has 3 aromatic carbocycles. The number of rotatable bonds is 7. The number of benzene rings is 3. The standard InChI is InChI=1S/C31H26N2O5/c1-20-5-2-3-7-24(20)19-38-26-14-10-23(11-15-26)29(35)27-28(22-8-12-25(34)13-9-22)33(31(37)30(27)36)18-21-6-4-16-32-17-21/h2-17,28,34-35H,18-19H2,1H3/t28-/m1/s1. The van der Waals surface area contributed by atoms with Gasteiger partial charge in [0.25, 0.3) is 11.7 Å². The van der Waals surface area contributed by atoms with Crippen LogP contribution in [-0.4, -0.2) is 31.8 Å². The Hall–Kier alpha value is -4.91. The summed E-state index contributed by atoms with van der Waals surface area (Å²) in [5.41, 5.74) is 3.91. The van der Waals surface area contributed by atoms with Gasteiger partial charge in [-0.05, 0) is 71.6 Å². The first-order valence-corrected chi connectivity index (χ1v) is 12.2. The van der Waals surface area contributed by atoms with Gasteiger partial charge in [-0.1, -0.05) is 42.5 Å². The lowest BCUT2D eigenvalue weighted by molar-refractivity contribution is -0.140. The number of likely N-dealkylation sites (tertiary alicyclic amines) is 1. The number of amides is 1. The summed E-state index contributed by atoms with van der Waals surface area (Å²) in [5.74, 6) is -1.10. The number of aliphatic hydroxyl groups excluding tert-OH is 1. The van der Waals surface area contributed by atoms with Crippen molar-refractivity contribution in [2.45, 2.75) is 26.1 Å². The van der Waals surface area contributed by atoms with Crippen molar-refractivity contribution in [3.63, 3.8) is 0 Å². The van der Waals surface area contributed by atoms with Crippen molar-refractivity contribution >= 4 is 17.4 Å². The van der Waals surface area contributed by atoms with E-state index >= 15 is 0 Å². The second-order valence-corrected chi connectivity index (χ2v) is 9.12. The number of Topliss-reactive ketones (excluding diaryl/α,β-unsaturated/α-hetero) is 1. The third-order valence-electron chi connectivity index (χ3n) is 6.61. The maximum absolute atomic E-state index is 13.2. The second kappa shape index (κ2) is 10.6. The Morgan fingerprint density at radius 3 is 2.37 bits per heavy atom. The fraction of sp³-hybridized carbons (Fsp3) is 0.129. The predicted octanol–water partition coefficient (Wildman–Crippen LogP) is 5.30. The zero-order valence-electron chi connectivity index (χ0n) is 20.7. The molecule has 0 saturated carbocycles. The number of aromatic nitrogens is 1. The molecule has 7 heteroatoms. The van der Waals surface area contributed by atoms with Gasteiger partial charge in [0.05, 0.1) is 11.6 Å². The third kappa shape index (κ3) is 4.99. The molecule has 1 aromatic heterocycles. The van der Waals surface area contributed by atoms with Gasteiger partial charge in [-0.25, -0.2) is 0 Å². The van der Waals surface area contributed by atoms with E-state index in [2.05, 4.69) is 4.98 Å². The van der Waals surface area contributed by atoms with Crippen LogP contribution in [0.25, 0.3) is 5.76 Å². The van der Waals surface area contributed by atoms with Crippen LogP contribution in [0.2, 0.25) is 0 Å². The molecule has 2 N–H and O–H groups in total. The first-order chi connectivity index (χ1) is 18.4. The summed E-state index contributed by atoms with van der Waals surface area (Å²) in [4.78, 5) is 31.9. The number of hydrogen-bond donors (Lipinski definition) is 2. The van der Waals surface area contributed by atoms with Crippen LogP contribution in [0, 0.1) is 6.92 Å². The minimum atomic E-state index is -0.840. The van der Waals surface area contributed by atoms with E-state index in [1.807, 2.05) is 37.3 Å².